The van der Waals surface area contributed by atoms with E-state index < -0.39 is 17.5 Å². The molecule has 0 aliphatic heterocycles. The molecule has 19 heavy (non-hydrogen) atoms. The SMILES string of the molecule is O=C(Nc1ccc(Cl)c(Br)c1)NC1(C(=O)O)CCC1. The lowest BCUT2D eigenvalue weighted by Gasteiger charge is -2.38. The van der Waals surface area contributed by atoms with Gasteiger partial charge in [0.05, 0.1) is 5.02 Å². The molecule has 102 valence electrons. The van der Waals surface area contributed by atoms with Crippen LogP contribution in [-0.4, -0.2) is 22.6 Å². The molecule has 2 rings (SSSR count). The average Bonchev–Trinajstić information content (AvgIpc) is 2.28. The predicted molar refractivity (Wildman–Crippen MR) is 75.5 cm³/mol. The number of anilines is 1. The number of carboxylic acids is 1. The van der Waals surface area contributed by atoms with E-state index >= 15 is 0 Å². The van der Waals surface area contributed by atoms with Gasteiger partial charge in [-0.05, 0) is 53.4 Å². The van der Waals surface area contributed by atoms with E-state index in [0.717, 1.165) is 6.42 Å². The number of carbonyl (C=O) groups is 2. The number of urea groups is 1. The van der Waals surface area contributed by atoms with Gasteiger partial charge >= 0.3 is 12.0 Å². The maximum Gasteiger partial charge on any atom is 0.329 e. The van der Waals surface area contributed by atoms with E-state index in [1.165, 1.54) is 0 Å². The third-order valence-electron chi connectivity index (χ3n) is 3.15. The molecule has 0 saturated heterocycles. The van der Waals surface area contributed by atoms with Gasteiger partial charge in [0.15, 0.2) is 0 Å². The smallest absolute Gasteiger partial charge is 0.329 e. The van der Waals surface area contributed by atoms with Crippen LogP contribution in [0.5, 0.6) is 0 Å². The summed E-state index contributed by atoms with van der Waals surface area (Å²) in [5.74, 6) is -0.994. The summed E-state index contributed by atoms with van der Waals surface area (Å²) in [6.45, 7) is 0. The Labute approximate surface area is 123 Å². The molecule has 1 saturated carbocycles. The summed E-state index contributed by atoms with van der Waals surface area (Å²) < 4.78 is 0.656. The number of halogens is 2. The van der Waals surface area contributed by atoms with Gasteiger partial charge in [-0.1, -0.05) is 11.6 Å². The topological polar surface area (TPSA) is 78.4 Å². The third-order valence-corrected chi connectivity index (χ3v) is 4.36. The molecule has 5 nitrogen and oxygen atoms in total. The van der Waals surface area contributed by atoms with Crippen molar-refractivity contribution >= 4 is 45.2 Å². The molecule has 0 aromatic heterocycles. The number of hydrogen-bond donors (Lipinski definition) is 3. The Bertz CT molecular complexity index is 532. The van der Waals surface area contributed by atoms with Crippen LogP contribution in [0.25, 0.3) is 0 Å². The lowest BCUT2D eigenvalue weighted by atomic mass is 9.77. The minimum Gasteiger partial charge on any atom is -0.480 e. The number of carboxylic acid groups (broad SMARTS) is 1. The number of benzene rings is 1. The molecule has 0 bridgehead atoms. The minimum atomic E-state index is -1.12. The zero-order valence-corrected chi connectivity index (χ0v) is 12.2. The Kier molecular flexibility index (Phi) is 4.01. The van der Waals surface area contributed by atoms with Gasteiger partial charge < -0.3 is 15.7 Å². The van der Waals surface area contributed by atoms with Crippen molar-refractivity contribution in [2.75, 3.05) is 5.32 Å². The standard InChI is InChI=1S/C12H12BrClN2O3/c13-8-6-7(2-3-9(8)14)15-11(19)16-12(10(17)18)4-1-5-12/h2-3,6H,1,4-5H2,(H,17,18)(H2,15,16,19). The first kappa shape index (κ1) is 14.1. The number of carbonyl (C=O) groups excluding carboxylic acids is 1. The van der Waals surface area contributed by atoms with Gasteiger partial charge in [0.25, 0.3) is 0 Å². The van der Waals surface area contributed by atoms with E-state index in [9.17, 15) is 9.59 Å². The predicted octanol–water partition coefficient (Wildman–Crippen LogP) is 3.23. The maximum absolute atomic E-state index is 11.8. The van der Waals surface area contributed by atoms with Crippen LogP contribution in [-0.2, 0) is 4.79 Å². The number of amides is 2. The van der Waals surface area contributed by atoms with Crippen molar-refractivity contribution in [1.29, 1.82) is 0 Å². The van der Waals surface area contributed by atoms with Crippen molar-refractivity contribution in [2.24, 2.45) is 0 Å². The number of nitrogens with one attached hydrogen (secondary N) is 2. The summed E-state index contributed by atoms with van der Waals surface area (Å²) >= 11 is 9.09. The Hall–Kier alpha value is -1.27. The van der Waals surface area contributed by atoms with Crippen LogP contribution in [0.3, 0.4) is 0 Å². The summed E-state index contributed by atoms with van der Waals surface area (Å²) in [7, 11) is 0. The number of aliphatic carboxylic acids is 1. The Morgan fingerprint density at radius 1 is 1.37 bits per heavy atom. The molecule has 0 heterocycles. The summed E-state index contributed by atoms with van der Waals surface area (Å²) in [5, 5.41) is 14.7. The molecule has 0 atom stereocenters. The second kappa shape index (κ2) is 5.38. The van der Waals surface area contributed by atoms with E-state index in [1.54, 1.807) is 18.2 Å². The second-order valence-corrected chi connectivity index (χ2v) is 5.71. The molecular formula is C12H12BrClN2O3. The summed E-state index contributed by atoms with van der Waals surface area (Å²) in [5.41, 5.74) is -0.582. The molecule has 1 aromatic carbocycles. The van der Waals surface area contributed by atoms with Crippen LogP contribution < -0.4 is 10.6 Å². The molecule has 1 fully saturated rings. The molecule has 7 heteroatoms. The monoisotopic (exact) mass is 346 g/mol. The fourth-order valence-corrected chi connectivity index (χ4v) is 2.37. The lowest BCUT2D eigenvalue weighted by Crippen LogP contribution is -2.60. The van der Waals surface area contributed by atoms with Gasteiger partial charge in [0.2, 0.25) is 0 Å². The van der Waals surface area contributed by atoms with E-state index in [1.807, 2.05) is 0 Å². The molecule has 1 aliphatic carbocycles. The van der Waals surface area contributed by atoms with Crippen molar-refractivity contribution in [3.8, 4) is 0 Å². The lowest BCUT2D eigenvalue weighted by molar-refractivity contribution is -0.148. The average molecular weight is 348 g/mol. The van der Waals surface area contributed by atoms with E-state index in [0.29, 0.717) is 28.0 Å². The van der Waals surface area contributed by atoms with Crippen LogP contribution in [0, 0.1) is 0 Å². The van der Waals surface area contributed by atoms with Crippen LogP contribution in [0.15, 0.2) is 22.7 Å². The van der Waals surface area contributed by atoms with Crippen LogP contribution >= 0.6 is 27.5 Å². The Morgan fingerprint density at radius 2 is 2.05 bits per heavy atom. The maximum atomic E-state index is 11.8. The molecule has 0 spiro atoms. The fourth-order valence-electron chi connectivity index (χ4n) is 1.88. The van der Waals surface area contributed by atoms with Crippen LogP contribution in [0.2, 0.25) is 5.02 Å². The quantitative estimate of drug-likeness (QED) is 0.785. The summed E-state index contributed by atoms with van der Waals surface area (Å²) in [6.07, 6.45) is 1.72. The first-order valence-electron chi connectivity index (χ1n) is 5.70. The molecule has 2 amide bonds. The highest BCUT2D eigenvalue weighted by Crippen LogP contribution is 2.32. The van der Waals surface area contributed by atoms with E-state index in [-0.39, 0.29) is 0 Å². The fraction of sp³-hybridized carbons (Fsp3) is 0.333. The molecule has 0 radical (unpaired) electrons. The van der Waals surface area contributed by atoms with Gasteiger partial charge in [0, 0.05) is 10.2 Å². The van der Waals surface area contributed by atoms with Crippen LogP contribution in [0.4, 0.5) is 10.5 Å². The molecule has 3 N–H and O–H groups in total. The zero-order chi connectivity index (χ0) is 14.0. The Balaban J connectivity index is 2.01. The minimum absolute atomic E-state index is 0.458. The molecule has 0 unspecified atom stereocenters. The zero-order valence-electron chi connectivity index (χ0n) is 9.87. The van der Waals surface area contributed by atoms with Crippen LogP contribution in [0.1, 0.15) is 19.3 Å². The van der Waals surface area contributed by atoms with Gasteiger partial charge in [-0.15, -0.1) is 0 Å². The molecule has 1 aliphatic rings. The van der Waals surface area contributed by atoms with Crippen molar-refractivity contribution in [2.45, 2.75) is 24.8 Å². The van der Waals surface area contributed by atoms with Gasteiger partial charge in [-0.2, -0.15) is 0 Å². The van der Waals surface area contributed by atoms with E-state index in [4.69, 9.17) is 16.7 Å². The van der Waals surface area contributed by atoms with Crippen molar-refractivity contribution in [1.82, 2.24) is 5.32 Å². The van der Waals surface area contributed by atoms with Gasteiger partial charge in [0.1, 0.15) is 5.54 Å². The highest BCUT2D eigenvalue weighted by molar-refractivity contribution is 9.10. The van der Waals surface area contributed by atoms with Gasteiger partial charge in [-0.3, -0.25) is 0 Å². The van der Waals surface area contributed by atoms with Crippen molar-refractivity contribution in [3.63, 3.8) is 0 Å². The van der Waals surface area contributed by atoms with E-state index in [2.05, 4.69) is 26.6 Å². The normalized spacial score (nSPS) is 16.3. The summed E-state index contributed by atoms with van der Waals surface area (Å²) in [6, 6.07) is 4.39. The highest BCUT2D eigenvalue weighted by Gasteiger charge is 2.45. The van der Waals surface area contributed by atoms with Crippen molar-refractivity contribution in [3.05, 3.63) is 27.7 Å². The highest BCUT2D eigenvalue weighted by atomic mass is 79.9. The Morgan fingerprint density at radius 3 is 2.53 bits per heavy atom. The molecule has 1 aromatic rings. The van der Waals surface area contributed by atoms with Gasteiger partial charge in [-0.25, -0.2) is 9.59 Å². The largest absolute Gasteiger partial charge is 0.480 e. The van der Waals surface area contributed by atoms with Crippen molar-refractivity contribution < 1.29 is 14.7 Å². The summed E-state index contributed by atoms with van der Waals surface area (Å²) in [4.78, 5) is 22.9. The number of hydrogen-bond acceptors (Lipinski definition) is 2. The number of rotatable bonds is 3. The second-order valence-electron chi connectivity index (χ2n) is 4.45. The third kappa shape index (κ3) is 3.01. The first-order chi connectivity index (χ1) is 8.93. The first-order valence-corrected chi connectivity index (χ1v) is 6.88. The molecular weight excluding hydrogens is 336 g/mol.